The number of rotatable bonds is 2. The van der Waals surface area contributed by atoms with Gasteiger partial charge in [-0.2, -0.15) is 0 Å². The van der Waals surface area contributed by atoms with Crippen molar-refractivity contribution in [3.63, 3.8) is 0 Å². The van der Waals surface area contributed by atoms with E-state index in [2.05, 4.69) is 4.90 Å². The van der Waals surface area contributed by atoms with Gasteiger partial charge in [-0.15, -0.1) is 0 Å². The summed E-state index contributed by atoms with van der Waals surface area (Å²) in [5.74, 6) is -0.348. The molecule has 3 heteroatoms. The molecular weight excluding hydrogens is 200 g/mol. The highest BCUT2D eigenvalue weighted by molar-refractivity contribution is 5.94. The lowest BCUT2D eigenvalue weighted by atomic mass is 10.0. The molecule has 16 heavy (non-hydrogen) atoms. The molecule has 2 rings (SSSR count). The lowest BCUT2D eigenvalue weighted by Gasteiger charge is -2.23. The highest BCUT2D eigenvalue weighted by Gasteiger charge is 2.17. The molecule has 1 aliphatic rings. The van der Waals surface area contributed by atoms with E-state index in [1.54, 1.807) is 0 Å². The average molecular weight is 218 g/mol. The Morgan fingerprint density at radius 2 is 1.69 bits per heavy atom. The molecule has 1 heterocycles. The van der Waals surface area contributed by atoms with Crippen LogP contribution in [0.25, 0.3) is 0 Å². The van der Waals surface area contributed by atoms with E-state index in [4.69, 9.17) is 5.73 Å². The van der Waals surface area contributed by atoms with Gasteiger partial charge in [0.1, 0.15) is 0 Å². The molecule has 86 valence electrons. The van der Waals surface area contributed by atoms with Crippen molar-refractivity contribution < 1.29 is 4.79 Å². The number of nitrogens with zero attached hydrogens (tertiary/aromatic N) is 1. The molecule has 0 saturated carbocycles. The fraction of sp³-hybridized carbons (Fsp3) is 0.462. The Bertz CT molecular complexity index is 397. The van der Waals surface area contributed by atoms with Crippen molar-refractivity contribution in [1.82, 2.24) is 0 Å². The van der Waals surface area contributed by atoms with Gasteiger partial charge in [0.25, 0.3) is 0 Å². The molecule has 0 bridgehead atoms. The van der Waals surface area contributed by atoms with Crippen molar-refractivity contribution in [2.75, 3.05) is 18.0 Å². The van der Waals surface area contributed by atoms with Crippen LogP contribution in [0.4, 0.5) is 5.69 Å². The second-order valence-corrected chi connectivity index (χ2v) is 4.52. The summed E-state index contributed by atoms with van der Waals surface area (Å²) >= 11 is 0. The molecule has 1 aliphatic heterocycles. The highest BCUT2D eigenvalue weighted by Crippen LogP contribution is 2.29. The second-order valence-electron chi connectivity index (χ2n) is 4.52. The molecule has 1 aromatic rings. The van der Waals surface area contributed by atoms with Gasteiger partial charge >= 0.3 is 0 Å². The van der Waals surface area contributed by atoms with Gasteiger partial charge in [0.05, 0.1) is 0 Å². The van der Waals surface area contributed by atoms with Crippen LogP contribution in [0.5, 0.6) is 0 Å². The molecule has 1 aromatic carbocycles. The molecule has 1 fully saturated rings. The maximum absolute atomic E-state index is 11.1. The minimum absolute atomic E-state index is 0.348. The van der Waals surface area contributed by atoms with Gasteiger partial charge in [-0.25, -0.2) is 0 Å². The van der Waals surface area contributed by atoms with Crippen LogP contribution >= 0.6 is 0 Å². The number of nitrogens with two attached hydrogens (primary N) is 1. The van der Waals surface area contributed by atoms with Crippen LogP contribution in [0.3, 0.4) is 0 Å². The van der Waals surface area contributed by atoms with Gasteiger partial charge in [0, 0.05) is 24.3 Å². The van der Waals surface area contributed by atoms with E-state index in [1.165, 1.54) is 18.5 Å². The maximum Gasteiger partial charge on any atom is 0.248 e. The normalized spacial score (nSPS) is 15.5. The Balaban J connectivity index is 2.42. The number of hydrogen-bond donors (Lipinski definition) is 1. The summed E-state index contributed by atoms with van der Waals surface area (Å²) in [5.41, 5.74) is 9.49. The topological polar surface area (TPSA) is 46.3 Å². The first kappa shape index (κ1) is 11.0. The van der Waals surface area contributed by atoms with Gasteiger partial charge in [-0.1, -0.05) is 0 Å². The van der Waals surface area contributed by atoms with E-state index in [1.807, 2.05) is 26.0 Å². The lowest BCUT2D eigenvalue weighted by molar-refractivity contribution is 0.1000. The zero-order valence-corrected chi connectivity index (χ0v) is 9.92. The summed E-state index contributed by atoms with van der Waals surface area (Å²) in [4.78, 5) is 13.5. The number of benzene rings is 1. The van der Waals surface area contributed by atoms with Crippen LogP contribution in [0.15, 0.2) is 12.1 Å². The quantitative estimate of drug-likeness (QED) is 0.825. The monoisotopic (exact) mass is 218 g/mol. The summed E-state index contributed by atoms with van der Waals surface area (Å²) in [7, 11) is 0. The van der Waals surface area contributed by atoms with Gasteiger partial charge in [-0.3, -0.25) is 4.79 Å². The highest BCUT2D eigenvalue weighted by atomic mass is 16.1. The van der Waals surface area contributed by atoms with Gasteiger partial charge < -0.3 is 10.6 Å². The predicted octanol–water partition coefficient (Wildman–Crippen LogP) is 2.00. The number of carbonyl (C=O) groups excluding carboxylic acids is 1. The smallest absolute Gasteiger partial charge is 0.248 e. The van der Waals surface area contributed by atoms with E-state index >= 15 is 0 Å². The standard InChI is InChI=1S/C13H18N2O/c1-9-7-11(13(14)16)8-10(2)12(9)15-5-3-4-6-15/h7-8H,3-6H2,1-2H3,(H2,14,16). The first-order valence-electron chi connectivity index (χ1n) is 5.75. The third-order valence-corrected chi connectivity index (χ3v) is 3.20. The molecule has 0 atom stereocenters. The zero-order valence-electron chi connectivity index (χ0n) is 9.92. The number of carbonyl (C=O) groups is 1. The summed E-state index contributed by atoms with van der Waals surface area (Å²) in [6.45, 7) is 6.34. The molecule has 0 radical (unpaired) electrons. The van der Waals surface area contributed by atoms with Crippen LogP contribution in [-0.2, 0) is 0 Å². The van der Waals surface area contributed by atoms with E-state index in [-0.39, 0.29) is 5.91 Å². The van der Waals surface area contributed by atoms with E-state index < -0.39 is 0 Å². The number of amides is 1. The van der Waals surface area contributed by atoms with Crippen molar-refractivity contribution in [2.24, 2.45) is 5.73 Å². The number of hydrogen-bond acceptors (Lipinski definition) is 2. The van der Waals surface area contributed by atoms with Crippen LogP contribution < -0.4 is 10.6 Å². The molecule has 1 saturated heterocycles. The number of primary amides is 1. The SMILES string of the molecule is Cc1cc(C(N)=O)cc(C)c1N1CCCC1. The van der Waals surface area contributed by atoms with E-state index in [0.717, 1.165) is 24.2 Å². The average Bonchev–Trinajstić information content (AvgIpc) is 2.69. The van der Waals surface area contributed by atoms with Crippen molar-refractivity contribution in [3.8, 4) is 0 Å². The second kappa shape index (κ2) is 4.16. The summed E-state index contributed by atoms with van der Waals surface area (Å²) in [6.07, 6.45) is 2.52. The zero-order chi connectivity index (χ0) is 11.7. The molecule has 0 aromatic heterocycles. The molecule has 0 unspecified atom stereocenters. The Morgan fingerprint density at radius 3 is 2.12 bits per heavy atom. The maximum atomic E-state index is 11.1. The van der Waals surface area contributed by atoms with Crippen molar-refractivity contribution in [3.05, 3.63) is 28.8 Å². The first-order chi connectivity index (χ1) is 7.59. The summed E-state index contributed by atoms with van der Waals surface area (Å²) < 4.78 is 0. The molecule has 2 N–H and O–H groups in total. The Kier molecular flexibility index (Phi) is 2.86. The van der Waals surface area contributed by atoms with Crippen LogP contribution in [-0.4, -0.2) is 19.0 Å². The fourth-order valence-electron chi connectivity index (χ4n) is 2.54. The van der Waals surface area contributed by atoms with E-state index in [9.17, 15) is 4.79 Å². The third kappa shape index (κ3) is 1.90. The van der Waals surface area contributed by atoms with E-state index in [0.29, 0.717) is 5.56 Å². The van der Waals surface area contributed by atoms with Crippen molar-refractivity contribution in [1.29, 1.82) is 0 Å². The Labute approximate surface area is 96.2 Å². The van der Waals surface area contributed by atoms with Crippen LogP contribution in [0.2, 0.25) is 0 Å². The predicted molar refractivity (Wildman–Crippen MR) is 65.9 cm³/mol. The largest absolute Gasteiger partial charge is 0.371 e. The minimum Gasteiger partial charge on any atom is -0.371 e. The minimum atomic E-state index is -0.348. The van der Waals surface area contributed by atoms with Gasteiger partial charge in [0.2, 0.25) is 5.91 Å². The summed E-state index contributed by atoms with van der Waals surface area (Å²) in [5, 5.41) is 0. The summed E-state index contributed by atoms with van der Waals surface area (Å²) in [6, 6.07) is 3.78. The number of anilines is 1. The van der Waals surface area contributed by atoms with Crippen molar-refractivity contribution >= 4 is 11.6 Å². The Hall–Kier alpha value is -1.51. The van der Waals surface area contributed by atoms with Crippen LogP contribution in [0.1, 0.15) is 34.3 Å². The third-order valence-electron chi connectivity index (χ3n) is 3.20. The first-order valence-corrected chi connectivity index (χ1v) is 5.75. The molecule has 1 amide bonds. The van der Waals surface area contributed by atoms with Crippen LogP contribution in [0, 0.1) is 13.8 Å². The molecule has 0 spiro atoms. The van der Waals surface area contributed by atoms with Gasteiger partial charge in [0.15, 0.2) is 0 Å². The van der Waals surface area contributed by atoms with Crippen molar-refractivity contribution in [2.45, 2.75) is 26.7 Å². The molecule has 0 aliphatic carbocycles. The molecule has 3 nitrogen and oxygen atoms in total. The Morgan fingerprint density at radius 1 is 1.19 bits per heavy atom. The molecular formula is C13H18N2O. The lowest BCUT2D eigenvalue weighted by Crippen LogP contribution is -2.21. The fourth-order valence-corrected chi connectivity index (χ4v) is 2.54. The van der Waals surface area contributed by atoms with Gasteiger partial charge in [-0.05, 0) is 49.9 Å². The number of aryl methyl sites for hydroxylation is 2.